The average Bonchev–Trinajstić information content (AvgIpc) is 3.78. The van der Waals surface area contributed by atoms with Gasteiger partial charge in [-0.05, 0) is 138 Å². The van der Waals surface area contributed by atoms with Gasteiger partial charge >= 0.3 is 0 Å². The molecule has 12 rings (SSSR count). The first-order chi connectivity index (χ1) is 32.7. The second kappa shape index (κ2) is 17.0. The molecule has 1 aromatic heterocycles. The monoisotopic (exact) mass is 857 g/mol. The third-order valence-corrected chi connectivity index (χ3v) is 14.0. The van der Waals surface area contributed by atoms with Crippen molar-refractivity contribution in [1.82, 2.24) is 0 Å². The van der Waals surface area contributed by atoms with Crippen molar-refractivity contribution >= 4 is 59.3 Å². The van der Waals surface area contributed by atoms with E-state index in [1.54, 1.807) is 0 Å². The Balaban J connectivity index is 0.858. The fraction of sp³-hybridized carbons (Fsp3) is 0. The van der Waals surface area contributed by atoms with E-state index in [-0.39, 0.29) is 0 Å². The van der Waals surface area contributed by atoms with Gasteiger partial charge in [0.05, 0.1) is 0 Å². The molecule has 2 heteroatoms. The van der Waals surface area contributed by atoms with E-state index in [9.17, 15) is 0 Å². The number of benzene rings is 11. The van der Waals surface area contributed by atoms with Gasteiger partial charge in [-0.2, -0.15) is 0 Å². The smallest absolute Gasteiger partial charge is 0.0462 e. The van der Waals surface area contributed by atoms with Crippen molar-refractivity contribution in [3.8, 4) is 66.8 Å². The van der Waals surface area contributed by atoms with Gasteiger partial charge in [0.1, 0.15) is 0 Å². The van der Waals surface area contributed by atoms with Crippen molar-refractivity contribution < 1.29 is 0 Å². The van der Waals surface area contributed by atoms with E-state index in [4.69, 9.17) is 0 Å². The van der Waals surface area contributed by atoms with Gasteiger partial charge < -0.3 is 4.90 Å². The van der Waals surface area contributed by atoms with Crippen LogP contribution in [-0.4, -0.2) is 0 Å². The molecular weight excluding hydrogens is 815 g/mol. The SMILES string of the molecule is c1ccc(-c2ccccc2-c2ccc(N(c3ccc(-c4ccc(-c5cccc(-c6ccc7ccccc7c6)c5)cc4)cc3)c3ccc(-c4ccc5c(c4)sc4ccccc45)cc3)cc2)cc1. The summed E-state index contributed by atoms with van der Waals surface area (Å²) in [7, 11) is 0. The summed E-state index contributed by atoms with van der Waals surface area (Å²) in [6.07, 6.45) is 0. The maximum absolute atomic E-state index is 2.36. The van der Waals surface area contributed by atoms with Gasteiger partial charge in [0.15, 0.2) is 0 Å². The normalized spacial score (nSPS) is 11.3. The molecule has 66 heavy (non-hydrogen) atoms. The van der Waals surface area contributed by atoms with Gasteiger partial charge in [0.2, 0.25) is 0 Å². The molecule has 0 aliphatic rings. The maximum atomic E-state index is 2.36. The molecule has 0 aliphatic heterocycles. The lowest BCUT2D eigenvalue weighted by molar-refractivity contribution is 1.28. The summed E-state index contributed by atoms with van der Waals surface area (Å²) in [6, 6.07) is 95.0. The highest BCUT2D eigenvalue weighted by molar-refractivity contribution is 7.25. The quantitative estimate of drug-likeness (QED) is 0.140. The van der Waals surface area contributed by atoms with Crippen LogP contribution in [0.15, 0.2) is 261 Å². The predicted octanol–water partition coefficient (Wildman–Crippen LogP) is 18.7. The third-order valence-electron chi connectivity index (χ3n) is 12.9. The summed E-state index contributed by atoms with van der Waals surface area (Å²) >= 11 is 1.86. The van der Waals surface area contributed by atoms with Crippen molar-refractivity contribution in [3.05, 3.63) is 261 Å². The Morgan fingerprint density at radius 2 is 0.636 bits per heavy atom. The number of hydrogen-bond acceptors (Lipinski definition) is 2. The summed E-state index contributed by atoms with van der Waals surface area (Å²) in [5, 5.41) is 5.16. The minimum absolute atomic E-state index is 1.10. The summed E-state index contributed by atoms with van der Waals surface area (Å²) in [6.45, 7) is 0. The van der Waals surface area contributed by atoms with Crippen LogP contribution in [-0.2, 0) is 0 Å². The minimum atomic E-state index is 1.10. The molecule has 0 N–H and O–H groups in total. The largest absolute Gasteiger partial charge is 0.311 e. The van der Waals surface area contributed by atoms with E-state index in [0.29, 0.717) is 0 Å². The van der Waals surface area contributed by atoms with Crippen LogP contribution in [0.3, 0.4) is 0 Å². The van der Waals surface area contributed by atoms with Crippen molar-refractivity contribution in [2.24, 2.45) is 0 Å². The molecule has 0 saturated heterocycles. The number of anilines is 3. The van der Waals surface area contributed by atoms with Crippen LogP contribution in [0.1, 0.15) is 0 Å². The molecular formula is C64H43NS. The molecule has 0 bridgehead atoms. The number of rotatable bonds is 9. The van der Waals surface area contributed by atoms with Gasteiger partial charge in [-0.3, -0.25) is 0 Å². The van der Waals surface area contributed by atoms with E-state index < -0.39 is 0 Å². The number of hydrogen-bond donors (Lipinski definition) is 0. The lowest BCUT2D eigenvalue weighted by Crippen LogP contribution is -2.09. The van der Waals surface area contributed by atoms with Crippen LogP contribution >= 0.6 is 11.3 Å². The molecule has 12 aromatic rings. The summed E-state index contributed by atoms with van der Waals surface area (Å²) < 4.78 is 2.64. The molecule has 0 radical (unpaired) electrons. The Bertz CT molecular complexity index is 3660. The lowest BCUT2D eigenvalue weighted by Gasteiger charge is -2.26. The van der Waals surface area contributed by atoms with Crippen LogP contribution in [0, 0.1) is 0 Å². The van der Waals surface area contributed by atoms with Gasteiger partial charge in [-0.15, -0.1) is 11.3 Å². The van der Waals surface area contributed by atoms with Gasteiger partial charge in [-0.25, -0.2) is 0 Å². The third kappa shape index (κ3) is 7.54. The first kappa shape index (κ1) is 39.3. The highest BCUT2D eigenvalue weighted by Gasteiger charge is 2.16. The Morgan fingerprint density at radius 3 is 1.29 bits per heavy atom. The van der Waals surface area contributed by atoms with Crippen LogP contribution in [0.2, 0.25) is 0 Å². The van der Waals surface area contributed by atoms with Gasteiger partial charge in [0, 0.05) is 37.2 Å². The van der Waals surface area contributed by atoms with Crippen LogP contribution in [0.4, 0.5) is 17.1 Å². The van der Waals surface area contributed by atoms with Gasteiger partial charge in [0.25, 0.3) is 0 Å². The molecule has 1 nitrogen and oxygen atoms in total. The van der Waals surface area contributed by atoms with E-state index >= 15 is 0 Å². The number of thiophene rings is 1. The molecule has 1 heterocycles. The number of nitrogens with zero attached hydrogens (tertiary/aromatic N) is 1. The average molecular weight is 858 g/mol. The van der Waals surface area contributed by atoms with E-state index in [1.165, 1.54) is 97.7 Å². The highest BCUT2D eigenvalue weighted by atomic mass is 32.1. The zero-order valence-electron chi connectivity index (χ0n) is 36.2. The second-order valence-corrected chi connectivity index (χ2v) is 18.0. The zero-order chi connectivity index (χ0) is 43.8. The first-order valence-electron chi connectivity index (χ1n) is 22.6. The minimum Gasteiger partial charge on any atom is -0.311 e. The van der Waals surface area contributed by atoms with Crippen LogP contribution < -0.4 is 4.90 Å². The summed E-state index contributed by atoms with van der Waals surface area (Å²) in [5.41, 5.74) is 17.8. The van der Waals surface area contributed by atoms with Crippen LogP contribution in [0.5, 0.6) is 0 Å². The van der Waals surface area contributed by atoms with Crippen molar-refractivity contribution in [3.63, 3.8) is 0 Å². The Morgan fingerprint density at radius 1 is 0.227 bits per heavy atom. The number of fused-ring (bicyclic) bond motifs is 4. The Labute approximate surface area is 389 Å². The van der Waals surface area contributed by atoms with E-state index in [1.807, 2.05) is 11.3 Å². The van der Waals surface area contributed by atoms with Crippen molar-refractivity contribution in [2.75, 3.05) is 4.90 Å². The highest BCUT2D eigenvalue weighted by Crippen LogP contribution is 2.41. The molecule has 0 atom stereocenters. The Kier molecular flexibility index (Phi) is 10.1. The topological polar surface area (TPSA) is 3.24 Å². The summed E-state index contributed by atoms with van der Waals surface area (Å²) in [4.78, 5) is 2.36. The molecule has 0 fully saturated rings. The van der Waals surface area contributed by atoms with Crippen molar-refractivity contribution in [2.45, 2.75) is 0 Å². The van der Waals surface area contributed by atoms with Gasteiger partial charge in [-0.1, -0.05) is 200 Å². The standard InChI is InChI=1S/C64H43NS/c1-2-12-49(13-3-1)59-17-6-7-18-60(59)50-31-38-58(39-32-50)65(57-36-29-48(30-37-57)55-33-40-62-61-19-8-9-20-63(61)66-64(62)43-55)56-34-27-46(28-35-56)45-21-23-47(24-22-45)52-15-10-16-53(41-52)54-26-25-44-11-4-5-14-51(44)42-54/h1-43H. The molecule has 0 aliphatic carbocycles. The predicted molar refractivity (Wildman–Crippen MR) is 284 cm³/mol. The lowest BCUT2D eigenvalue weighted by atomic mass is 9.94. The molecule has 0 spiro atoms. The fourth-order valence-electron chi connectivity index (χ4n) is 9.46. The maximum Gasteiger partial charge on any atom is 0.0462 e. The molecule has 0 saturated carbocycles. The fourth-order valence-corrected chi connectivity index (χ4v) is 10.6. The van der Waals surface area contributed by atoms with Crippen molar-refractivity contribution in [1.29, 1.82) is 0 Å². The summed E-state index contributed by atoms with van der Waals surface area (Å²) in [5.74, 6) is 0. The van der Waals surface area contributed by atoms with Crippen LogP contribution in [0.25, 0.3) is 97.7 Å². The van der Waals surface area contributed by atoms with E-state index in [2.05, 4.69) is 266 Å². The molecule has 0 amide bonds. The van der Waals surface area contributed by atoms with E-state index in [0.717, 1.165) is 17.1 Å². The molecule has 310 valence electrons. The zero-order valence-corrected chi connectivity index (χ0v) is 37.0. The molecule has 0 unspecified atom stereocenters. The first-order valence-corrected chi connectivity index (χ1v) is 23.4. The Hall–Kier alpha value is -8.30. The second-order valence-electron chi connectivity index (χ2n) is 16.9. The molecule has 11 aromatic carbocycles.